The first kappa shape index (κ1) is 17.0. The number of aliphatic hydroxyl groups is 1. The fourth-order valence-corrected chi connectivity index (χ4v) is 2.78. The number of amides is 1. The molecule has 2 unspecified atom stereocenters. The van der Waals surface area contributed by atoms with E-state index in [0.717, 1.165) is 17.3 Å². The number of rotatable bonds is 7. The number of carbonyl (C=O) groups excluding carboxylic acids is 1. The van der Waals surface area contributed by atoms with Crippen LogP contribution in [0.15, 0.2) is 11.4 Å². The molecule has 0 radical (unpaired) electrons. The Morgan fingerprint density at radius 1 is 1.50 bits per heavy atom. The molecule has 0 spiro atoms. The van der Waals surface area contributed by atoms with Gasteiger partial charge in [-0.1, -0.05) is 32.5 Å². The molecular weight excluding hydrogens is 274 g/mol. The summed E-state index contributed by atoms with van der Waals surface area (Å²) in [6, 6.07) is 0.179. The summed E-state index contributed by atoms with van der Waals surface area (Å²) in [4.78, 5) is 16.6. The zero-order valence-corrected chi connectivity index (χ0v) is 13.7. The Labute approximate surface area is 125 Å². The van der Waals surface area contributed by atoms with Crippen LogP contribution in [0.2, 0.25) is 0 Å². The fraction of sp³-hybridized carbons (Fsp3) is 0.714. The van der Waals surface area contributed by atoms with Gasteiger partial charge in [0.15, 0.2) is 5.16 Å². The Morgan fingerprint density at radius 2 is 2.15 bits per heavy atom. The summed E-state index contributed by atoms with van der Waals surface area (Å²) in [6.07, 6.45) is 2.56. The zero-order valence-electron chi connectivity index (χ0n) is 12.9. The average Bonchev–Trinajstić information content (AvgIpc) is 2.75. The summed E-state index contributed by atoms with van der Waals surface area (Å²) in [5.74, 6) is 0.256. The monoisotopic (exact) mass is 299 g/mol. The van der Waals surface area contributed by atoms with Crippen molar-refractivity contribution in [2.24, 2.45) is 13.0 Å². The summed E-state index contributed by atoms with van der Waals surface area (Å²) >= 11 is 1.45. The highest BCUT2D eigenvalue weighted by Crippen LogP contribution is 2.27. The third kappa shape index (κ3) is 4.24. The van der Waals surface area contributed by atoms with E-state index in [1.165, 1.54) is 11.8 Å². The lowest BCUT2D eigenvalue weighted by Crippen LogP contribution is -2.40. The van der Waals surface area contributed by atoms with Gasteiger partial charge in [0.25, 0.3) is 0 Å². The molecule has 0 aliphatic carbocycles. The van der Waals surface area contributed by atoms with Crippen LogP contribution in [0.5, 0.6) is 0 Å². The Hall–Kier alpha value is -1.01. The molecule has 0 aliphatic rings. The van der Waals surface area contributed by atoms with Gasteiger partial charge in [-0.3, -0.25) is 4.79 Å². The standard InChI is InChI=1S/C14H25N3O2S/c1-6-10(4)16-13(19)12(9(2)3)20-14-15-7-11(8-18)17(14)5/h7,9-10,12,18H,6,8H2,1-5H3,(H,16,19). The van der Waals surface area contributed by atoms with Gasteiger partial charge in [-0.25, -0.2) is 4.98 Å². The average molecular weight is 299 g/mol. The second kappa shape index (κ2) is 7.69. The maximum atomic E-state index is 12.3. The van der Waals surface area contributed by atoms with Crippen molar-refractivity contribution in [1.29, 1.82) is 0 Å². The van der Waals surface area contributed by atoms with Gasteiger partial charge < -0.3 is 15.0 Å². The smallest absolute Gasteiger partial charge is 0.234 e. The molecule has 0 fully saturated rings. The predicted octanol–water partition coefficient (Wildman–Crippen LogP) is 1.94. The number of aromatic nitrogens is 2. The van der Waals surface area contributed by atoms with Crippen molar-refractivity contribution in [2.75, 3.05) is 0 Å². The maximum absolute atomic E-state index is 12.3. The molecule has 2 N–H and O–H groups in total. The number of hydrogen-bond acceptors (Lipinski definition) is 4. The third-order valence-corrected chi connectivity index (χ3v) is 4.90. The predicted molar refractivity (Wildman–Crippen MR) is 81.5 cm³/mol. The molecule has 2 atom stereocenters. The van der Waals surface area contributed by atoms with Crippen LogP contribution in [0.3, 0.4) is 0 Å². The van der Waals surface area contributed by atoms with Crippen LogP contribution >= 0.6 is 11.8 Å². The number of aliphatic hydroxyl groups excluding tert-OH is 1. The van der Waals surface area contributed by atoms with Gasteiger partial charge in [-0.05, 0) is 19.3 Å². The summed E-state index contributed by atoms with van der Waals surface area (Å²) in [6.45, 7) is 8.07. The molecule has 0 saturated heterocycles. The molecule has 1 aromatic rings. The van der Waals surface area contributed by atoms with Crippen molar-refractivity contribution in [2.45, 2.75) is 57.2 Å². The number of imidazole rings is 1. The summed E-state index contributed by atoms with van der Waals surface area (Å²) in [5.41, 5.74) is 0.748. The van der Waals surface area contributed by atoms with Crippen molar-refractivity contribution < 1.29 is 9.90 Å². The van der Waals surface area contributed by atoms with Gasteiger partial charge in [0.05, 0.1) is 23.7 Å². The Balaban J connectivity index is 2.81. The second-order valence-electron chi connectivity index (χ2n) is 5.35. The first-order valence-electron chi connectivity index (χ1n) is 6.99. The van der Waals surface area contributed by atoms with E-state index in [9.17, 15) is 9.90 Å². The van der Waals surface area contributed by atoms with Crippen LogP contribution < -0.4 is 5.32 Å². The number of hydrogen-bond donors (Lipinski definition) is 2. The van der Waals surface area contributed by atoms with E-state index in [1.54, 1.807) is 6.20 Å². The molecular formula is C14H25N3O2S. The fourth-order valence-electron chi connectivity index (χ4n) is 1.72. The van der Waals surface area contributed by atoms with E-state index in [0.29, 0.717) is 0 Å². The Morgan fingerprint density at radius 3 is 2.60 bits per heavy atom. The lowest BCUT2D eigenvalue weighted by molar-refractivity contribution is -0.121. The van der Waals surface area contributed by atoms with Crippen molar-refractivity contribution in [1.82, 2.24) is 14.9 Å². The van der Waals surface area contributed by atoms with Gasteiger partial charge >= 0.3 is 0 Å². The van der Waals surface area contributed by atoms with Gasteiger partial charge in [0, 0.05) is 13.1 Å². The normalized spacial score (nSPS) is 14.3. The first-order chi connectivity index (χ1) is 9.40. The van der Waals surface area contributed by atoms with Crippen LogP contribution in [0.1, 0.15) is 39.8 Å². The highest BCUT2D eigenvalue weighted by atomic mass is 32.2. The highest BCUT2D eigenvalue weighted by Gasteiger charge is 2.26. The minimum absolute atomic E-state index is 0.0462. The van der Waals surface area contributed by atoms with Crippen molar-refractivity contribution >= 4 is 17.7 Å². The second-order valence-corrected chi connectivity index (χ2v) is 6.46. The van der Waals surface area contributed by atoms with Gasteiger partial charge in [0.1, 0.15) is 0 Å². The highest BCUT2D eigenvalue weighted by molar-refractivity contribution is 8.00. The Kier molecular flexibility index (Phi) is 6.55. The van der Waals surface area contributed by atoms with Crippen LogP contribution in [-0.4, -0.2) is 31.9 Å². The van der Waals surface area contributed by atoms with Crippen LogP contribution in [0, 0.1) is 5.92 Å². The van der Waals surface area contributed by atoms with E-state index in [2.05, 4.69) is 17.2 Å². The Bertz CT molecular complexity index is 446. The zero-order chi connectivity index (χ0) is 15.3. The lowest BCUT2D eigenvalue weighted by atomic mass is 10.1. The molecule has 6 heteroatoms. The minimum atomic E-state index is -0.184. The number of thioether (sulfide) groups is 1. The van der Waals surface area contributed by atoms with E-state index < -0.39 is 0 Å². The van der Waals surface area contributed by atoms with Gasteiger partial charge in [-0.2, -0.15) is 0 Å². The van der Waals surface area contributed by atoms with E-state index in [-0.39, 0.29) is 29.7 Å². The largest absolute Gasteiger partial charge is 0.390 e. The molecule has 1 amide bonds. The molecule has 5 nitrogen and oxygen atoms in total. The van der Waals surface area contributed by atoms with Crippen molar-refractivity contribution in [3.05, 3.63) is 11.9 Å². The topological polar surface area (TPSA) is 67.2 Å². The van der Waals surface area contributed by atoms with Crippen molar-refractivity contribution in [3.63, 3.8) is 0 Å². The lowest BCUT2D eigenvalue weighted by Gasteiger charge is -2.21. The van der Waals surface area contributed by atoms with Crippen LogP contribution in [0.4, 0.5) is 0 Å². The van der Waals surface area contributed by atoms with Crippen LogP contribution in [0.25, 0.3) is 0 Å². The molecule has 0 aromatic carbocycles. The van der Waals surface area contributed by atoms with Crippen LogP contribution in [-0.2, 0) is 18.4 Å². The molecule has 114 valence electrons. The summed E-state index contributed by atoms with van der Waals surface area (Å²) in [7, 11) is 1.85. The SMILES string of the molecule is CCC(C)NC(=O)C(Sc1ncc(CO)n1C)C(C)C. The third-order valence-electron chi connectivity index (χ3n) is 3.30. The molecule has 1 rings (SSSR count). The molecule has 1 aromatic heterocycles. The van der Waals surface area contributed by atoms with E-state index in [1.807, 2.05) is 32.4 Å². The summed E-state index contributed by atoms with van der Waals surface area (Å²) < 4.78 is 1.83. The van der Waals surface area contributed by atoms with Gasteiger partial charge in [0.2, 0.25) is 5.91 Å². The van der Waals surface area contributed by atoms with E-state index >= 15 is 0 Å². The minimum Gasteiger partial charge on any atom is -0.390 e. The number of carbonyl (C=O) groups is 1. The quantitative estimate of drug-likeness (QED) is 0.755. The number of nitrogens with zero attached hydrogens (tertiary/aromatic N) is 2. The van der Waals surface area contributed by atoms with E-state index in [4.69, 9.17) is 0 Å². The first-order valence-corrected chi connectivity index (χ1v) is 7.87. The van der Waals surface area contributed by atoms with Gasteiger partial charge in [-0.15, -0.1) is 0 Å². The molecule has 0 bridgehead atoms. The molecule has 0 aliphatic heterocycles. The molecule has 20 heavy (non-hydrogen) atoms. The molecule has 1 heterocycles. The van der Waals surface area contributed by atoms with Crippen molar-refractivity contribution in [3.8, 4) is 0 Å². The number of nitrogens with one attached hydrogen (secondary N) is 1. The summed E-state index contributed by atoms with van der Waals surface area (Å²) in [5, 5.41) is 12.8. The molecule has 0 saturated carbocycles. The maximum Gasteiger partial charge on any atom is 0.234 e.